The first-order valence-corrected chi connectivity index (χ1v) is 11.9. The summed E-state index contributed by atoms with van der Waals surface area (Å²) in [7, 11) is 1.52. The summed E-state index contributed by atoms with van der Waals surface area (Å²) in [6.07, 6.45) is 1.62. The molecule has 0 atom stereocenters. The van der Waals surface area contributed by atoms with Gasteiger partial charge in [0.15, 0.2) is 11.5 Å². The fraction of sp³-hybridized carbons (Fsp3) is 0.409. The van der Waals surface area contributed by atoms with E-state index in [1.54, 1.807) is 24.3 Å². The normalized spacial score (nSPS) is 19.7. The smallest absolute Gasteiger partial charge is 0.328 e. The highest BCUT2D eigenvalue weighted by molar-refractivity contribution is 8.18. The molecule has 2 amide bonds. The summed E-state index contributed by atoms with van der Waals surface area (Å²) in [5.74, 6) is 1.45. The second-order valence-corrected chi connectivity index (χ2v) is 8.80. The number of thioether (sulfide) groups is 1. The first kappa shape index (κ1) is 23.3. The molecule has 0 radical (unpaired) electrons. The average molecular weight is 501 g/mol. The van der Waals surface area contributed by atoms with Crippen molar-refractivity contribution in [3.63, 3.8) is 0 Å². The molecule has 0 saturated carbocycles. The molecule has 2 aromatic rings. The van der Waals surface area contributed by atoms with Crippen LogP contribution in [0.5, 0.6) is 17.5 Å². The number of hydrogen-bond donors (Lipinski definition) is 1. The third-order valence-electron chi connectivity index (χ3n) is 5.51. The molecule has 12 nitrogen and oxygen atoms in total. The van der Waals surface area contributed by atoms with Crippen LogP contribution in [0, 0.1) is 0 Å². The summed E-state index contributed by atoms with van der Waals surface area (Å²) >= 11 is 0.854. The maximum atomic E-state index is 11.9. The molecule has 0 aliphatic carbocycles. The molecule has 3 saturated heterocycles. The Balaban J connectivity index is 1.43. The van der Waals surface area contributed by atoms with Crippen LogP contribution in [0.2, 0.25) is 0 Å². The van der Waals surface area contributed by atoms with E-state index in [0.29, 0.717) is 86.5 Å². The number of methoxy groups -OCH3 is 1. The highest BCUT2D eigenvalue weighted by Crippen LogP contribution is 2.34. The van der Waals surface area contributed by atoms with Crippen molar-refractivity contribution in [3.8, 4) is 17.5 Å². The summed E-state index contributed by atoms with van der Waals surface area (Å²) in [4.78, 5) is 41.5. The average Bonchev–Trinajstić information content (AvgIpc) is 3.21. The van der Waals surface area contributed by atoms with Gasteiger partial charge in [0.1, 0.15) is 0 Å². The number of anilines is 2. The number of nitrogens with zero attached hydrogens (tertiary/aromatic N) is 5. The molecular weight excluding hydrogens is 476 g/mol. The van der Waals surface area contributed by atoms with Gasteiger partial charge in [-0.1, -0.05) is 6.07 Å². The molecule has 184 valence electrons. The quantitative estimate of drug-likeness (QED) is 0.579. The Morgan fingerprint density at radius 3 is 2.11 bits per heavy atom. The first-order valence-electron chi connectivity index (χ1n) is 11.1. The van der Waals surface area contributed by atoms with Gasteiger partial charge in [-0.05, 0) is 35.5 Å². The molecule has 0 bridgehead atoms. The fourth-order valence-corrected chi connectivity index (χ4v) is 4.40. The Labute approximate surface area is 205 Å². The number of imide groups is 1. The van der Waals surface area contributed by atoms with Crippen LogP contribution in [0.1, 0.15) is 5.56 Å². The highest BCUT2D eigenvalue weighted by atomic mass is 32.2. The van der Waals surface area contributed by atoms with Crippen LogP contribution >= 0.6 is 11.8 Å². The van der Waals surface area contributed by atoms with E-state index in [0.717, 1.165) is 11.8 Å². The van der Waals surface area contributed by atoms with E-state index < -0.39 is 11.1 Å². The van der Waals surface area contributed by atoms with Crippen molar-refractivity contribution in [2.75, 3.05) is 69.5 Å². The standard InChI is InChI=1S/C22H24N6O6S/c1-31-16-12-14(13-17-18(29)23-22(30)35-17)2-3-15(16)34-21-25-19(27-4-8-32-9-5-27)24-20(26-21)28-6-10-33-11-7-28/h2-3,12-13H,4-11H2,1H3,(H,23,29,30)/b17-13-. The lowest BCUT2D eigenvalue weighted by Crippen LogP contribution is -2.40. The third-order valence-corrected chi connectivity index (χ3v) is 6.32. The zero-order valence-electron chi connectivity index (χ0n) is 19.1. The number of carbonyl (C=O) groups excluding carboxylic acids is 2. The summed E-state index contributed by atoms with van der Waals surface area (Å²) in [5, 5.41) is 1.85. The minimum atomic E-state index is -0.421. The molecule has 0 spiro atoms. The lowest BCUT2D eigenvalue weighted by Gasteiger charge is -2.30. The van der Waals surface area contributed by atoms with Crippen LogP contribution in [-0.2, 0) is 14.3 Å². The van der Waals surface area contributed by atoms with Crippen LogP contribution in [0.3, 0.4) is 0 Å². The Kier molecular flexibility index (Phi) is 6.97. The van der Waals surface area contributed by atoms with Gasteiger partial charge >= 0.3 is 6.01 Å². The molecule has 4 heterocycles. The number of benzene rings is 1. The van der Waals surface area contributed by atoms with Crippen molar-refractivity contribution in [2.24, 2.45) is 0 Å². The zero-order valence-corrected chi connectivity index (χ0v) is 19.9. The topological polar surface area (TPSA) is 128 Å². The van der Waals surface area contributed by atoms with E-state index in [9.17, 15) is 9.59 Å². The van der Waals surface area contributed by atoms with E-state index in [-0.39, 0.29) is 6.01 Å². The molecule has 1 aromatic carbocycles. The van der Waals surface area contributed by atoms with Crippen LogP contribution in [0.25, 0.3) is 6.08 Å². The van der Waals surface area contributed by atoms with Gasteiger partial charge in [0.05, 0.1) is 38.4 Å². The molecule has 1 aromatic heterocycles. The summed E-state index contributed by atoms with van der Waals surface area (Å²) in [5.41, 5.74) is 0.681. The van der Waals surface area contributed by atoms with Gasteiger partial charge in [0.25, 0.3) is 11.1 Å². The number of rotatable bonds is 6. The van der Waals surface area contributed by atoms with Crippen molar-refractivity contribution < 1.29 is 28.5 Å². The summed E-state index contributed by atoms with van der Waals surface area (Å²) in [6, 6.07) is 5.32. The number of nitrogens with one attached hydrogen (secondary N) is 1. The molecule has 1 N–H and O–H groups in total. The van der Waals surface area contributed by atoms with Gasteiger partial charge in [0, 0.05) is 26.2 Å². The van der Waals surface area contributed by atoms with Gasteiger partial charge in [-0.3, -0.25) is 14.9 Å². The minimum absolute atomic E-state index is 0.142. The molecule has 13 heteroatoms. The van der Waals surface area contributed by atoms with Crippen LogP contribution in [-0.4, -0.2) is 85.8 Å². The van der Waals surface area contributed by atoms with E-state index in [2.05, 4.69) is 20.3 Å². The van der Waals surface area contributed by atoms with Gasteiger partial charge in [-0.25, -0.2) is 0 Å². The maximum absolute atomic E-state index is 11.9. The number of morpholine rings is 2. The first-order chi connectivity index (χ1) is 17.1. The van der Waals surface area contributed by atoms with E-state index in [1.165, 1.54) is 7.11 Å². The number of carbonyl (C=O) groups is 2. The van der Waals surface area contributed by atoms with E-state index >= 15 is 0 Å². The molecule has 5 rings (SSSR count). The summed E-state index contributed by atoms with van der Waals surface area (Å²) < 4.78 is 22.5. The van der Waals surface area contributed by atoms with Crippen molar-refractivity contribution >= 4 is 40.9 Å². The van der Waals surface area contributed by atoms with Crippen molar-refractivity contribution in [1.29, 1.82) is 0 Å². The predicted octanol–water partition coefficient (Wildman–Crippen LogP) is 1.67. The van der Waals surface area contributed by atoms with Gasteiger partial charge in [0.2, 0.25) is 11.9 Å². The van der Waals surface area contributed by atoms with Crippen LogP contribution in [0.4, 0.5) is 16.7 Å². The van der Waals surface area contributed by atoms with Gasteiger partial charge in [-0.2, -0.15) is 15.0 Å². The van der Waals surface area contributed by atoms with E-state index in [4.69, 9.17) is 18.9 Å². The summed E-state index contributed by atoms with van der Waals surface area (Å²) in [6.45, 7) is 5.09. The lowest BCUT2D eigenvalue weighted by molar-refractivity contribution is -0.115. The number of ether oxygens (including phenoxy) is 4. The molecule has 0 unspecified atom stereocenters. The largest absolute Gasteiger partial charge is 0.493 e. The number of amides is 2. The van der Waals surface area contributed by atoms with Crippen molar-refractivity contribution in [3.05, 3.63) is 28.7 Å². The molecule has 3 aliphatic rings. The lowest BCUT2D eigenvalue weighted by atomic mass is 10.2. The van der Waals surface area contributed by atoms with Gasteiger partial charge in [-0.15, -0.1) is 0 Å². The van der Waals surface area contributed by atoms with Gasteiger partial charge < -0.3 is 28.7 Å². The van der Waals surface area contributed by atoms with Crippen LogP contribution < -0.4 is 24.6 Å². The second kappa shape index (κ2) is 10.5. The highest BCUT2D eigenvalue weighted by Gasteiger charge is 2.25. The Hall–Kier alpha value is -3.42. The predicted molar refractivity (Wildman–Crippen MR) is 128 cm³/mol. The molecular formula is C22H24N6O6S. The Morgan fingerprint density at radius 2 is 1.57 bits per heavy atom. The van der Waals surface area contributed by atoms with E-state index in [1.807, 2.05) is 9.80 Å². The molecule has 3 fully saturated rings. The SMILES string of the molecule is COc1cc(/C=C2\SC(=O)NC2=O)ccc1Oc1nc(N2CCOCC2)nc(N2CCOCC2)n1. The Bertz CT molecular complexity index is 1110. The zero-order chi connectivity index (χ0) is 24.2. The molecule has 3 aliphatic heterocycles. The Morgan fingerprint density at radius 1 is 0.943 bits per heavy atom. The third kappa shape index (κ3) is 5.47. The second-order valence-electron chi connectivity index (χ2n) is 7.78. The maximum Gasteiger partial charge on any atom is 0.328 e. The minimum Gasteiger partial charge on any atom is -0.493 e. The van der Waals surface area contributed by atoms with Crippen molar-refractivity contribution in [2.45, 2.75) is 0 Å². The fourth-order valence-electron chi connectivity index (χ4n) is 3.72. The van der Waals surface area contributed by atoms with Crippen LogP contribution in [0.15, 0.2) is 23.1 Å². The number of hydrogen-bond acceptors (Lipinski definition) is 12. The number of aromatic nitrogens is 3. The monoisotopic (exact) mass is 500 g/mol. The molecule has 35 heavy (non-hydrogen) atoms. The van der Waals surface area contributed by atoms with Crippen molar-refractivity contribution in [1.82, 2.24) is 20.3 Å².